The second-order valence-corrected chi connectivity index (χ2v) is 5.15. The maximum absolute atomic E-state index is 11.3. The van der Waals surface area contributed by atoms with E-state index in [9.17, 15) is 8.42 Å². The van der Waals surface area contributed by atoms with Crippen molar-refractivity contribution in [2.45, 2.75) is 26.7 Å². The van der Waals surface area contributed by atoms with Crippen LogP contribution in [0.1, 0.15) is 26.7 Å². The summed E-state index contributed by atoms with van der Waals surface area (Å²) in [4.78, 5) is 0. The minimum atomic E-state index is -2.84. The van der Waals surface area contributed by atoms with E-state index in [0.29, 0.717) is 5.75 Å². The third-order valence-corrected chi connectivity index (χ3v) is 3.21. The van der Waals surface area contributed by atoms with Crippen LogP contribution in [0.25, 0.3) is 0 Å². The van der Waals surface area contributed by atoms with Crippen LogP contribution in [0.3, 0.4) is 0 Å². The molecule has 0 radical (unpaired) electrons. The van der Waals surface area contributed by atoms with Crippen LogP contribution in [0.15, 0.2) is 24.3 Å². The van der Waals surface area contributed by atoms with Gasteiger partial charge in [-0.05, 0) is 13.3 Å². The molecular weight excluding hydrogens is 184 g/mol. The third kappa shape index (κ3) is 7.78. The van der Waals surface area contributed by atoms with Crippen LogP contribution in [0.5, 0.6) is 0 Å². The molecule has 0 unspecified atom stereocenters. The molecule has 0 bridgehead atoms. The van der Waals surface area contributed by atoms with E-state index in [1.165, 1.54) is 0 Å². The van der Waals surface area contributed by atoms with Crippen molar-refractivity contribution in [3.05, 3.63) is 24.3 Å². The first kappa shape index (κ1) is 12.4. The minimum Gasteiger partial charge on any atom is -0.229 e. The van der Waals surface area contributed by atoms with Gasteiger partial charge >= 0.3 is 0 Å². The number of allylic oxidation sites excluding steroid dienone is 3. The van der Waals surface area contributed by atoms with Crippen molar-refractivity contribution in [1.29, 1.82) is 0 Å². The van der Waals surface area contributed by atoms with Gasteiger partial charge in [-0.25, -0.2) is 8.42 Å². The van der Waals surface area contributed by atoms with Gasteiger partial charge < -0.3 is 0 Å². The molecular formula is C10H18O2S. The van der Waals surface area contributed by atoms with Crippen LogP contribution in [0.2, 0.25) is 0 Å². The highest BCUT2D eigenvalue weighted by Crippen LogP contribution is 1.97. The van der Waals surface area contributed by atoms with E-state index in [4.69, 9.17) is 0 Å². The lowest BCUT2D eigenvalue weighted by atomic mass is 10.4. The molecule has 13 heavy (non-hydrogen) atoms. The fourth-order valence-electron chi connectivity index (χ4n) is 0.839. The molecule has 0 amide bonds. The van der Waals surface area contributed by atoms with Crippen molar-refractivity contribution in [1.82, 2.24) is 0 Å². The first-order valence-corrected chi connectivity index (χ1v) is 6.42. The van der Waals surface area contributed by atoms with E-state index in [1.807, 2.05) is 26.0 Å². The highest BCUT2D eigenvalue weighted by atomic mass is 32.2. The van der Waals surface area contributed by atoms with Gasteiger partial charge in [0.2, 0.25) is 0 Å². The summed E-state index contributed by atoms with van der Waals surface area (Å²) in [7, 11) is -2.84. The van der Waals surface area contributed by atoms with Crippen LogP contribution in [0, 0.1) is 0 Å². The van der Waals surface area contributed by atoms with Crippen LogP contribution >= 0.6 is 0 Å². The molecule has 0 spiro atoms. The van der Waals surface area contributed by atoms with Crippen molar-refractivity contribution in [3.63, 3.8) is 0 Å². The van der Waals surface area contributed by atoms with Gasteiger partial charge in [-0.15, -0.1) is 0 Å². The lowest BCUT2D eigenvalue weighted by Gasteiger charge is -1.97. The van der Waals surface area contributed by atoms with E-state index in [0.717, 1.165) is 12.8 Å². The normalized spacial score (nSPS) is 13.1. The van der Waals surface area contributed by atoms with Crippen LogP contribution < -0.4 is 0 Å². The second-order valence-electron chi connectivity index (χ2n) is 2.92. The molecule has 0 fully saturated rings. The monoisotopic (exact) mass is 202 g/mol. The Morgan fingerprint density at radius 1 is 1.23 bits per heavy atom. The van der Waals surface area contributed by atoms with Crippen LogP contribution in [-0.4, -0.2) is 19.9 Å². The predicted octanol–water partition coefficient (Wildman–Crippen LogP) is 2.33. The molecule has 0 aromatic heterocycles. The van der Waals surface area contributed by atoms with Gasteiger partial charge in [0.15, 0.2) is 9.84 Å². The minimum absolute atomic E-state index is 0.164. The Kier molecular flexibility index (Phi) is 6.59. The highest BCUT2D eigenvalue weighted by Gasteiger charge is 2.05. The number of unbranched alkanes of at least 4 members (excludes halogenated alkanes) is 1. The van der Waals surface area contributed by atoms with E-state index >= 15 is 0 Å². The number of rotatable bonds is 6. The highest BCUT2D eigenvalue weighted by molar-refractivity contribution is 7.91. The van der Waals surface area contributed by atoms with Crippen molar-refractivity contribution >= 4 is 9.84 Å². The Morgan fingerprint density at radius 2 is 1.92 bits per heavy atom. The quantitative estimate of drug-likeness (QED) is 0.619. The molecule has 0 N–H and O–H groups in total. The smallest absolute Gasteiger partial charge is 0.153 e. The zero-order chi connectivity index (χ0) is 10.2. The zero-order valence-electron chi connectivity index (χ0n) is 8.36. The summed E-state index contributed by atoms with van der Waals surface area (Å²) < 4.78 is 22.6. The molecule has 3 heteroatoms. The average Bonchev–Trinajstić information content (AvgIpc) is 2.09. The molecule has 0 aromatic rings. The summed E-state index contributed by atoms with van der Waals surface area (Å²) in [5.74, 6) is 0.473. The Labute approximate surface area is 81.3 Å². The van der Waals surface area contributed by atoms with E-state index in [-0.39, 0.29) is 5.75 Å². The second kappa shape index (κ2) is 6.89. The van der Waals surface area contributed by atoms with Gasteiger partial charge in [0.1, 0.15) is 0 Å². The van der Waals surface area contributed by atoms with E-state index < -0.39 is 9.84 Å². The molecule has 0 atom stereocenters. The Morgan fingerprint density at radius 3 is 2.46 bits per heavy atom. The van der Waals surface area contributed by atoms with E-state index in [2.05, 4.69) is 0 Å². The van der Waals surface area contributed by atoms with Crippen molar-refractivity contribution in [3.8, 4) is 0 Å². The summed E-state index contributed by atoms with van der Waals surface area (Å²) in [5, 5.41) is 0. The van der Waals surface area contributed by atoms with Gasteiger partial charge in [-0.1, -0.05) is 37.6 Å². The number of sulfone groups is 1. The SMILES string of the molecule is CC=CC=CCS(=O)(=O)CCCC. The maximum atomic E-state index is 11.3. The van der Waals surface area contributed by atoms with Crippen molar-refractivity contribution in [2.75, 3.05) is 11.5 Å². The summed E-state index contributed by atoms with van der Waals surface area (Å²) in [6.07, 6.45) is 8.84. The first-order chi connectivity index (χ1) is 6.12. The summed E-state index contributed by atoms with van der Waals surface area (Å²) in [6, 6.07) is 0. The fourth-order valence-corrected chi connectivity index (χ4v) is 2.14. The standard InChI is InChI=1S/C10H18O2S/c1-3-5-7-8-10-13(11,12)9-6-4-2/h3,5,7-8H,4,6,9-10H2,1-2H3. The predicted molar refractivity (Wildman–Crippen MR) is 57.5 cm³/mol. The van der Waals surface area contributed by atoms with Crippen molar-refractivity contribution in [2.24, 2.45) is 0 Å². The molecule has 0 aromatic carbocycles. The molecule has 0 aliphatic rings. The number of hydrogen-bond donors (Lipinski definition) is 0. The van der Waals surface area contributed by atoms with Crippen molar-refractivity contribution < 1.29 is 8.42 Å². The fraction of sp³-hybridized carbons (Fsp3) is 0.600. The first-order valence-electron chi connectivity index (χ1n) is 4.60. The molecule has 0 heterocycles. The van der Waals surface area contributed by atoms with Crippen LogP contribution in [-0.2, 0) is 9.84 Å². The van der Waals surface area contributed by atoms with Gasteiger partial charge in [0, 0.05) is 0 Å². The molecule has 0 aliphatic heterocycles. The summed E-state index contributed by atoms with van der Waals surface area (Å²) in [6.45, 7) is 3.89. The zero-order valence-corrected chi connectivity index (χ0v) is 9.18. The van der Waals surface area contributed by atoms with Gasteiger partial charge in [-0.3, -0.25) is 0 Å². The van der Waals surface area contributed by atoms with Gasteiger partial charge in [-0.2, -0.15) is 0 Å². The topological polar surface area (TPSA) is 34.1 Å². The molecule has 0 saturated carbocycles. The lowest BCUT2D eigenvalue weighted by Crippen LogP contribution is -2.08. The largest absolute Gasteiger partial charge is 0.229 e. The molecule has 0 rings (SSSR count). The maximum Gasteiger partial charge on any atom is 0.153 e. The van der Waals surface area contributed by atoms with Gasteiger partial charge in [0.25, 0.3) is 0 Å². The van der Waals surface area contributed by atoms with Gasteiger partial charge in [0.05, 0.1) is 11.5 Å². The molecule has 2 nitrogen and oxygen atoms in total. The number of hydrogen-bond acceptors (Lipinski definition) is 2. The molecule has 76 valence electrons. The lowest BCUT2D eigenvalue weighted by molar-refractivity contribution is 0.595. The molecule has 0 saturated heterocycles. The molecule has 0 aliphatic carbocycles. The Bertz CT molecular complexity index is 261. The Hall–Kier alpha value is -0.570. The van der Waals surface area contributed by atoms with E-state index in [1.54, 1.807) is 12.2 Å². The third-order valence-electron chi connectivity index (χ3n) is 1.60. The summed E-state index contributed by atoms with van der Waals surface area (Å²) >= 11 is 0. The Balaban J connectivity index is 3.89. The average molecular weight is 202 g/mol. The van der Waals surface area contributed by atoms with Crippen LogP contribution in [0.4, 0.5) is 0 Å². The summed E-state index contributed by atoms with van der Waals surface area (Å²) in [5.41, 5.74) is 0.